The number of aromatic nitrogens is 2. The molecule has 6 heteroatoms. The number of fused-ring (bicyclic) bond motifs is 3. The summed E-state index contributed by atoms with van der Waals surface area (Å²) in [5, 5.41) is 14.8. The van der Waals surface area contributed by atoms with Crippen molar-refractivity contribution in [1.82, 2.24) is 9.38 Å². The number of pyridine rings is 1. The maximum absolute atomic E-state index is 11.2. The molecule has 4 rings (SSSR count). The number of aliphatic hydroxyl groups is 1. The Bertz CT molecular complexity index is 969. The van der Waals surface area contributed by atoms with Crippen LogP contribution in [-0.4, -0.2) is 34.3 Å². The summed E-state index contributed by atoms with van der Waals surface area (Å²) in [5.74, 6) is 0. The molecule has 3 atom stereocenters. The summed E-state index contributed by atoms with van der Waals surface area (Å²) < 4.78 is 13.4. The first-order valence-electron chi connectivity index (χ1n) is 9.80. The first kappa shape index (κ1) is 18.9. The van der Waals surface area contributed by atoms with Gasteiger partial charge in [0, 0.05) is 37.9 Å². The van der Waals surface area contributed by atoms with Gasteiger partial charge in [-0.25, -0.2) is 4.98 Å². The zero-order chi connectivity index (χ0) is 19.7. The third-order valence-corrected chi connectivity index (χ3v) is 5.45. The molecular formula is C22H27N3O3. The minimum atomic E-state index is -0.729. The van der Waals surface area contributed by atoms with Crippen molar-refractivity contribution in [2.75, 3.05) is 19.0 Å². The minimum absolute atomic E-state index is 0.317. The van der Waals surface area contributed by atoms with Crippen LogP contribution in [0.25, 0.3) is 5.65 Å². The van der Waals surface area contributed by atoms with Crippen LogP contribution in [0, 0.1) is 0 Å². The standard InChI is InChI=1S/C22H27N3O3/c1-4-14-6-7-16(15(12-14)13-27-3)18-20(26)21(28-5-2)17-8-10-25-11-9-23-22(25)19(17)24-18/h6-12,18,20-21,24,26H,4-5,13H2,1-3H3/t18-,20-,21-/m1/s1. The zero-order valence-corrected chi connectivity index (χ0v) is 16.6. The quantitative estimate of drug-likeness (QED) is 0.682. The van der Waals surface area contributed by atoms with Crippen molar-refractivity contribution < 1.29 is 14.6 Å². The number of benzene rings is 1. The summed E-state index contributed by atoms with van der Waals surface area (Å²) >= 11 is 0. The number of nitrogens with one attached hydrogen (secondary N) is 1. The summed E-state index contributed by atoms with van der Waals surface area (Å²) in [5.41, 5.74) is 6.02. The summed E-state index contributed by atoms with van der Waals surface area (Å²) in [6.07, 6.45) is 5.45. The van der Waals surface area contributed by atoms with Crippen LogP contribution in [0.4, 0.5) is 5.69 Å². The van der Waals surface area contributed by atoms with Gasteiger partial charge in [-0.2, -0.15) is 0 Å². The lowest BCUT2D eigenvalue weighted by Gasteiger charge is -2.38. The summed E-state index contributed by atoms with van der Waals surface area (Å²) in [6.45, 7) is 5.10. The van der Waals surface area contributed by atoms with Crippen molar-refractivity contribution in [3.05, 3.63) is 65.1 Å². The molecule has 1 aromatic carbocycles. The molecule has 3 heterocycles. The van der Waals surface area contributed by atoms with Crippen molar-refractivity contribution in [2.24, 2.45) is 0 Å². The van der Waals surface area contributed by atoms with Crippen LogP contribution in [0.15, 0.2) is 42.9 Å². The molecular weight excluding hydrogens is 354 g/mol. The number of hydrogen-bond donors (Lipinski definition) is 2. The first-order chi connectivity index (χ1) is 13.7. The van der Waals surface area contributed by atoms with Crippen LogP contribution >= 0.6 is 0 Å². The molecule has 0 amide bonds. The lowest BCUT2D eigenvalue weighted by molar-refractivity contribution is -0.0464. The van der Waals surface area contributed by atoms with Crippen LogP contribution in [0.1, 0.15) is 48.2 Å². The highest BCUT2D eigenvalue weighted by Crippen LogP contribution is 2.43. The number of aryl methyl sites for hydroxylation is 1. The van der Waals surface area contributed by atoms with Gasteiger partial charge in [0.15, 0.2) is 5.65 Å². The van der Waals surface area contributed by atoms with Crippen LogP contribution < -0.4 is 5.32 Å². The molecule has 6 nitrogen and oxygen atoms in total. The minimum Gasteiger partial charge on any atom is -0.388 e. The van der Waals surface area contributed by atoms with Gasteiger partial charge in [0.2, 0.25) is 0 Å². The Balaban J connectivity index is 1.84. The second kappa shape index (κ2) is 7.91. The van der Waals surface area contributed by atoms with Gasteiger partial charge in [0.1, 0.15) is 12.2 Å². The summed E-state index contributed by atoms with van der Waals surface area (Å²) in [6, 6.07) is 8.04. The van der Waals surface area contributed by atoms with Crippen molar-refractivity contribution >= 4 is 11.3 Å². The molecule has 0 bridgehead atoms. The molecule has 3 aromatic rings. The monoisotopic (exact) mass is 381 g/mol. The molecule has 0 spiro atoms. The van der Waals surface area contributed by atoms with Gasteiger partial charge in [0.25, 0.3) is 0 Å². The molecule has 0 radical (unpaired) electrons. The number of aliphatic hydroxyl groups excluding tert-OH is 1. The van der Waals surface area contributed by atoms with E-state index in [0.717, 1.165) is 34.4 Å². The van der Waals surface area contributed by atoms with E-state index in [9.17, 15) is 5.11 Å². The molecule has 1 aliphatic rings. The fourth-order valence-corrected chi connectivity index (χ4v) is 4.08. The molecule has 148 valence electrons. The van der Waals surface area contributed by atoms with Crippen molar-refractivity contribution in [1.29, 1.82) is 0 Å². The van der Waals surface area contributed by atoms with Crippen molar-refractivity contribution in [3.8, 4) is 0 Å². The van der Waals surface area contributed by atoms with E-state index in [2.05, 4.69) is 35.4 Å². The first-order valence-corrected chi connectivity index (χ1v) is 9.80. The molecule has 1 aliphatic heterocycles. The number of imidazole rings is 1. The normalized spacial score (nSPS) is 21.5. The summed E-state index contributed by atoms with van der Waals surface area (Å²) in [7, 11) is 1.69. The second-order valence-corrected chi connectivity index (χ2v) is 7.11. The van der Waals surface area contributed by atoms with E-state index >= 15 is 0 Å². The third kappa shape index (κ3) is 3.17. The number of methoxy groups -OCH3 is 1. The van der Waals surface area contributed by atoms with E-state index in [-0.39, 0.29) is 6.04 Å². The molecule has 0 saturated carbocycles. The van der Waals surface area contributed by atoms with Crippen LogP contribution in [-0.2, 0) is 22.5 Å². The number of ether oxygens (including phenoxy) is 2. The lowest BCUT2D eigenvalue weighted by atomic mass is 9.86. The maximum Gasteiger partial charge on any atom is 0.160 e. The number of rotatable bonds is 6. The topological polar surface area (TPSA) is 68.0 Å². The van der Waals surface area contributed by atoms with Gasteiger partial charge in [-0.15, -0.1) is 0 Å². The van der Waals surface area contributed by atoms with Crippen molar-refractivity contribution in [3.63, 3.8) is 0 Å². The van der Waals surface area contributed by atoms with E-state index in [1.807, 2.05) is 29.8 Å². The Hall–Kier alpha value is -2.41. The van der Waals surface area contributed by atoms with Gasteiger partial charge in [0.05, 0.1) is 18.3 Å². The number of hydrogen-bond acceptors (Lipinski definition) is 5. The van der Waals surface area contributed by atoms with Gasteiger partial charge in [-0.3, -0.25) is 0 Å². The molecule has 28 heavy (non-hydrogen) atoms. The van der Waals surface area contributed by atoms with Crippen LogP contribution in [0.2, 0.25) is 0 Å². The molecule has 2 N–H and O–H groups in total. The van der Waals surface area contributed by atoms with E-state index in [1.165, 1.54) is 5.56 Å². The maximum atomic E-state index is 11.2. The second-order valence-electron chi connectivity index (χ2n) is 7.11. The van der Waals surface area contributed by atoms with Gasteiger partial charge in [-0.05, 0) is 36.1 Å². The van der Waals surface area contributed by atoms with Crippen LogP contribution in [0.3, 0.4) is 0 Å². The van der Waals surface area contributed by atoms with E-state index in [0.29, 0.717) is 13.2 Å². The molecule has 2 aromatic heterocycles. The average Bonchev–Trinajstić information content (AvgIpc) is 3.19. The highest BCUT2D eigenvalue weighted by molar-refractivity contribution is 5.74. The number of nitrogens with zero attached hydrogens (tertiary/aromatic N) is 2. The molecule has 0 unspecified atom stereocenters. The third-order valence-electron chi connectivity index (χ3n) is 5.45. The Morgan fingerprint density at radius 3 is 2.79 bits per heavy atom. The molecule has 0 aliphatic carbocycles. The Labute approximate surface area is 165 Å². The predicted octanol–water partition coefficient (Wildman–Crippen LogP) is 3.65. The average molecular weight is 381 g/mol. The Morgan fingerprint density at radius 1 is 1.18 bits per heavy atom. The smallest absolute Gasteiger partial charge is 0.160 e. The van der Waals surface area contributed by atoms with Gasteiger partial charge >= 0.3 is 0 Å². The molecule has 0 fully saturated rings. The Morgan fingerprint density at radius 2 is 2.04 bits per heavy atom. The fraction of sp³-hybridized carbons (Fsp3) is 0.409. The highest BCUT2D eigenvalue weighted by Gasteiger charge is 2.39. The van der Waals surface area contributed by atoms with Gasteiger partial charge < -0.3 is 24.3 Å². The zero-order valence-electron chi connectivity index (χ0n) is 16.6. The largest absolute Gasteiger partial charge is 0.388 e. The van der Waals surface area contributed by atoms with Gasteiger partial charge in [-0.1, -0.05) is 25.1 Å². The predicted molar refractivity (Wildman–Crippen MR) is 108 cm³/mol. The van der Waals surface area contributed by atoms with Crippen molar-refractivity contribution in [2.45, 2.75) is 45.1 Å². The lowest BCUT2D eigenvalue weighted by Crippen LogP contribution is -2.38. The Kier molecular flexibility index (Phi) is 5.35. The van der Waals surface area contributed by atoms with E-state index < -0.39 is 12.2 Å². The van der Waals surface area contributed by atoms with E-state index in [4.69, 9.17) is 9.47 Å². The SMILES string of the molecule is CCO[C@@H]1c2ccn3ccnc3c2N[C@H](c2ccc(CC)cc2COC)[C@H]1O. The number of anilines is 1. The fourth-order valence-electron chi connectivity index (χ4n) is 4.08. The van der Waals surface area contributed by atoms with E-state index in [1.54, 1.807) is 13.3 Å². The summed E-state index contributed by atoms with van der Waals surface area (Å²) in [4.78, 5) is 4.50. The van der Waals surface area contributed by atoms with Crippen LogP contribution in [0.5, 0.6) is 0 Å². The molecule has 0 saturated heterocycles. The highest BCUT2D eigenvalue weighted by atomic mass is 16.5.